The largest absolute Gasteiger partial charge is 0.396 e. The van der Waals surface area contributed by atoms with Crippen molar-refractivity contribution in [2.75, 3.05) is 6.61 Å². The minimum absolute atomic E-state index is 0.0945. The molecule has 120 valence electrons. The Morgan fingerprint density at radius 3 is 2.15 bits per heavy atom. The van der Waals surface area contributed by atoms with Gasteiger partial charge in [-0.15, -0.1) is 0 Å². The maximum Gasteiger partial charge on any atom is 0.0540 e. The lowest BCUT2D eigenvalue weighted by atomic mass is 9.84. The zero-order chi connectivity index (χ0) is 15.1. The molecule has 20 heavy (non-hydrogen) atoms. The average molecular weight is 284 g/mol. The molecule has 0 aromatic carbocycles. The molecule has 1 rings (SSSR count). The fourth-order valence-corrected chi connectivity index (χ4v) is 2.95. The summed E-state index contributed by atoms with van der Waals surface area (Å²) in [5, 5.41) is 19.0. The first-order valence-corrected chi connectivity index (χ1v) is 8.66. The van der Waals surface area contributed by atoms with Gasteiger partial charge in [0.25, 0.3) is 0 Å². The van der Waals surface area contributed by atoms with Gasteiger partial charge >= 0.3 is 0 Å². The summed E-state index contributed by atoms with van der Waals surface area (Å²) in [6, 6.07) is 0. The van der Waals surface area contributed by atoms with Crippen molar-refractivity contribution in [3.63, 3.8) is 0 Å². The average Bonchev–Trinajstić information content (AvgIpc) is 3.09. The molecule has 0 saturated heterocycles. The van der Waals surface area contributed by atoms with E-state index in [1.807, 2.05) is 0 Å². The van der Waals surface area contributed by atoms with Crippen molar-refractivity contribution in [2.45, 2.75) is 97.5 Å². The summed E-state index contributed by atoms with van der Waals surface area (Å²) in [6.07, 6.45) is 12.8. The van der Waals surface area contributed by atoms with E-state index in [4.69, 9.17) is 5.11 Å². The van der Waals surface area contributed by atoms with Crippen LogP contribution in [0.2, 0.25) is 0 Å². The normalized spacial score (nSPS) is 19.1. The van der Waals surface area contributed by atoms with Crippen molar-refractivity contribution in [2.24, 2.45) is 10.8 Å². The summed E-state index contributed by atoms with van der Waals surface area (Å²) in [5.41, 5.74) is 0.919. The number of rotatable bonds is 12. The SMILES string of the molecule is CC(C)(CCO)CCCCC(O)CCCCC1(C)CC1. The highest BCUT2D eigenvalue weighted by Crippen LogP contribution is 2.49. The first-order chi connectivity index (χ1) is 9.37. The van der Waals surface area contributed by atoms with Crippen LogP contribution in [0.4, 0.5) is 0 Å². The van der Waals surface area contributed by atoms with Crippen LogP contribution < -0.4 is 0 Å². The van der Waals surface area contributed by atoms with Gasteiger partial charge in [-0.3, -0.25) is 0 Å². The van der Waals surface area contributed by atoms with E-state index in [0.29, 0.717) is 5.41 Å². The fraction of sp³-hybridized carbons (Fsp3) is 1.00. The van der Waals surface area contributed by atoms with E-state index >= 15 is 0 Å². The fourth-order valence-electron chi connectivity index (χ4n) is 2.95. The molecule has 2 N–H and O–H groups in total. The Morgan fingerprint density at radius 2 is 1.60 bits per heavy atom. The molecule has 0 amide bonds. The van der Waals surface area contributed by atoms with Crippen molar-refractivity contribution in [3.8, 4) is 0 Å². The highest BCUT2D eigenvalue weighted by molar-refractivity contribution is 4.87. The third-order valence-electron chi connectivity index (χ3n) is 5.10. The summed E-state index contributed by atoms with van der Waals surface area (Å²) in [7, 11) is 0. The summed E-state index contributed by atoms with van der Waals surface area (Å²) >= 11 is 0. The van der Waals surface area contributed by atoms with Crippen LogP contribution in [-0.2, 0) is 0 Å². The third kappa shape index (κ3) is 8.26. The Hall–Kier alpha value is -0.0800. The van der Waals surface area contributed by atoms with Crippen LogP contribution in [0, 0.1) is 10.8 Å². The molecule has 1 fully saturated rings. The van der Waals surface area contributed by atoms with E-state index in [-0.39, 0.29) is 18.1 Å². The summed E-state index contributed by atoms with van der Waals surface area (Å²) < 4.78 is 0. The van der Waals surface area contributed by atoms with Gasteiger partial charge in [0.05, 0.1) is 6.10 Å². The minimum atomic E-state index is -0.0945. The topological polar surface area (TPSA) is 40.5 Å². The number of aliphatic hydroxyl groups is 2. The van der Waals surface area contributed by atoms with Crippen molar-refractivity contribution >= 4 is 0 Å². The Balaban J connectivity index is 1.93. The van der Waals surface area contributed by atoms with Crippen molar-refractivity contribution in [1.29, 1.82) is 0 Å². The molecule has 0 aliphatic heterocycles. The molecule has 0 radical (unpaired) electrons. The minimum Gasteiger partial charge on any atom is -0.396 e. The Kier molecular flexibility index (Phi) is 7.53. The van der Waals surface area contributed by atoms with E-state index < -0.39 is 0 Å². The molecular weight excluding hydrogens is 248 g/mol. The lowest BCUT2D eigenvalue weighted by Crippen LogP contribution is -2.13. The Morgan fingerprint density at radius 1 is 1.00 bits per heavy atom. The van der Waals surface area contributed by atoms with E-state index in [9.17, 15) is 5.11 Å². The molecule has 0 spiro atoms. The predicted molar refractivity (Wildman–Crippen MR) is 85.8 cm³/mol. The van der Waals surface area contributed by atoms with E-state index in [1.165, 1.54) is 38.5 Å². The zero-order valence-corrected chi connectivity index (χ0v) is 14.0. The maximum absolute atomic E-state index is 9.99. The molecule has 0 bridgehead atoms. The smallest absolute Gasteiger partial charge is 0.0540 e. The van der Waals surface area contributed by atoms with Crippen molar-refractivity contribution in [3.05, 3.63) is 0 Å². The molecule has 0 aromatic rings. The standard InChI is InChI=1S/C18H36O2/c1-17(2,14-15-19)10-6-4-8-16(20)9-5-7-11-18(3)12-13-18/h16,19-20H,4-15H2,1-3H3. The lowest BCUT2D eigenvalue weighted by Gasteiger charge is -2.23. The van der Waals surface area contributed by atoms with Gasteiger partial charge in [0.1, 0.15) is 0 Å². The second-order valence-corrected chi connectivity index (χ2v) is 8.09. The summed E-state index contributed by atoms with van der Waals surface area (Å²) in [5.74, 6) is 0. The molecule has 2 heteroatoms. The molecule has 1 aliphatic carbocycles. The van der Waals surface area contributed by atoms with Crippen LogP contribution in [0.5, 0.6) is 0 Å². The Bertz CT molecular complexity index is 256. The molecule has 2 nitrogen and oxygen atoms in total. The molecule has 0 heterocycles. The number of hydrogen-bond donors (Lipinski definition) is 2. The van der Waals surface area contributed by atoms with Crippen molar-refractivity contribution in [1.82, 2.24) is 0 Å². The van der Waals surface area contributed by atoms with Gasteiger partial charge in [0.15, 0.2) is 0 Å². The van der Waals surface area contributed by atoms with Crippen LogP contribution in [0.3, 0.4) is 0 Å². The highest BCUT2D eigenvalue weighted by Gasteiger charge is 2.35. The van der Waals surface area contributed by atoms with Gasteiger partial charge < -0.3 is 10.2 Å². The molecule has 1 aliphatic rings. The number of aliphatic hydroxyl groups excluding tert-OH is 2. The second kappa shape index (κ2) is 8.38. The number of unbranched alkanes of at least 4 members (excludes halogenated alkanes) is 2. The van der Waals surface area contributed by atoms with Crippen LogP contribution in [0.15, 0.2) is 0 Å². The molecule has 1 unspecified atom stereocenters. The van der Waals surface area contributed by atoms with Crippen molar-refractivity contribution < 1.29 is 10.2 Å². The number of hydrogen-bond acceptors (Lipinski definition) is 2. The van der Waals surface area contributed by atoms with Crippen LogP contribution in [-0.4, -0.2) is 22.9 Å². The second-order valence-electron chi connectivity index (χ2n) is 8.09. The summed E-state index contributed by atoms with van der Waals surface area (Å²) in [4.78, 5) is 0. The quantitative estimate of drug-likeness (QED) is 0.511. The molecule has 1 atom stereocenters. The van der Waals surface area contributed by atoms with Gasteiger partial charge in [-0.05, 0) is 55.8 Å². The molecular formula is C18H36O2. The molecule has 0 aromatic heterocycles. The Labute approximate surface area is 126 Å². The lowest BCUT2D eigenvalue weighted by molar-refractivity contribution is 0.142. The van der Waals surface area contributed by atoms with Crippen LogP contribution >= 0.6 is 0 Å². The van der Waals surface area contributed by atoms with Crippen LogP contribution in [0.1, 0.15) is 91.4 Å². The van der Waals surface area contributed by atoms with Gasteiger partial charge in [-0.1, -0.05) is 46.5 Å². The first kappa shape index (κ1) is 18.0. The maximum atomic E-state index is 9.99. The van der Waals surface area contributed by atoms with E-state index in [1.54, 1.807) is 0 Å². The first-order valence-electron chi connectivity index (χ1n) is 8.66. The predicted octanol–water partition coefficient (Wildman–Crippen LogP) is 4.68. The molecule has 1 saturated carbocycles. The summed E-state index contributed by atoms with van der Waals surface area (Å²) in [6.45, 7) is 7.11. The monoisotopic (exact) mass is 284 g/mol. The van der Waals surface area contributed by atoms with Gasteiger partial charge in [-0.2, -0.15) is 0 Å². The van der Waals surface area contributed by atoms with Gasteiger partial charge in [0, 0.05) is 6.61 Å². The highest BCUT2D eigenvalue weighted by atomic mass is 16.3. The third-order valence-corrected chi connectivity index (χ3v) is 5.10. The van der Waals surface area contributed by atoms with E-state index in [0.717, 1.165) is 32.1 Å². The van der Waals surface area contributed by atoms with Gasteiger partial charge in [0.2, 0.25) is 0 Å². The zero-order valence-electron chi connectivity index (χ0n) is 14.0. The van der Waals surface area contributed by atoms with Crippen LogP contribution in [0.25, 0.3) is 0 Å². The van der Waals surface area contributed by atoms with Gasteiger partial charge in [-0.25, -0.2) is 0 Å². The van der Waals surface area contributed by atoms with E-state index in [2.05, 4.69) is 20.8 Å².